The van der Waals surface area contributed by atoms with Crippen LogP contribution >= 0.6 is 0 Å². The van der Waals surface area contributed by atoms with Crippen molar-refractivity contribution in [3.05, 3.63) is 108 Å². The van der Waals surface area contributed by atoms with E-state index >= 15 is 0 Å². The van der Waals surface area contributed by atoms with Gasteiger partial charge in [0.05, 0.1) is 18.8 Å². The third kappa shape index (κ3) is 6.46. The van der Waals surface area contributed by atoms with Gasteiger partial charge in [0.1, 0.15) is 12.2 Å². The fourth-order valence-corrected chi connectivity index (χ4v) is 6.19. The van der Waals surface area contributed by atoms with E-state index in [0.717, 1.165) is 27.9 Å². The van der Waals surface area contributed by atoms with E-state index in [2.05, 4.69) is 11.9 Å². The maximum Gasteiger partial charge on any atom is 0.332 e. The van der Waals surface area contributed by atoms with Gasteiger partial charge in [-0.2, -0.15) is 5.01 Å². The van der Waals surface area contributed by atoms with Gasteiger partial charge >= 0.3 is 6.03 Å². The van der Waals surface area contributed by atoms with E-state index in [9.17, 15) is 14.4 Å². The standard InChI is InChI=1S/C34H41N7O3/c1-4-19-39(34(44)36-21-26-15-10-7-11-16-26)40-24-31(42)41-29(20-25-13-8-6-9-14-25)33(43)38(23-30(40)41)22-28-18-12-17-27(5-2)32(28)37(3)35/h5-18,29-30H,2,4,19-24,35H2,1,3H3,(H,36,44)/t29-,30+/m0/s1. The van der Waals surface area contributed by atoms with Gasteiger partial charge in [-0.05, 0) is 28.7 Å². The van der Waals surface area contributed by atoms with E-state index in [1.807, 2.05) is 90.8 Å². The van der Waals surface area contributed by atoms with Gasteiger partial charge in [0.15, 0.2) is 0 Å². The highest BCUT2D eigenvalue weighted by Crippen LogP contribution is 2.32. The van der Waals surface area contributed by atoms with Gasteiger partial charge in [-0.1, -0.05) is 98.4 Å². The van der Waals surface area contributed by atoms with Crippen LogP contribution in [0.4, 0.5) is 10.5 Å². The van der Waals surface area contributed by atoms with Crippen LogP contribution < -0.4 is 16.2 Å². The molecule has 230 valence electrons. The van der Waals surface area contributed by atoms with Crippen molar-refractivity contribution in [3.63, 3.8) is 0 Å². The van der Waals surface area contributed by atoms with Crippen molar-refractivity contribution in [3.8, 4) is 0 Å². The molecule has 0 radical (unpaired) electrons. The lowest BCUT2D eigenvalue weighted by atomic mass is 9.99. The number of nitrogens with one attached hydrogen (secondary N) is 1. The first kappa shape index (κ1) is 30.8. The Kier molecular flexibility index (Phi) is 9.62. The number of anilines is 1. The number of hydrogen-bond donors (Lipinski definition) is 2. The van der Waals surface area contributed by atoms with Gasteiger partial charge in [-0.15, -0.1) is 0 Å². The molecule has 44 heavy (non-hydrogen) atoms. The Morgan fingerprint density at radius 3 is 2.34 bits per heavy atom. The Labute approximate surface area is 259 Å². The van der Waals surface area contributed by atoms with Crippen LogP contribution in [0.25, 0.3) is 6.08 Å². The third-order valence-electron chi connectivity index (χ3n) is 8.19. The first-order valence-corrected chi connectivity index (χ1v) is 15.0. The Morgan fingerprint density at radius 1 is 1.02 bits per heavy atom. The zero-order valence-corrected chi connectivity index (χ0v) is 25.4. The number of carbonyl (C=O) groups excluding carboxylic acids is 3. The summed E-state index contributed by atoms with van der Waals surface area (Å²) < 4.78 is 0. The number of urea groups is 1. The second-order valence-corrected chi connectivity index (χ2v) is 11.2. The maximum atomic E-state index is 14.2. The SMILES string of the molecule is C=Cc1cccc(CN2C[C@H]3N(C(=O)CN3N(CCC)C(=O)NCc3ccccc3)[C@@H](Cc3ccccc3)C2=O)c1N(C)N. The highest BCUT2D eigenvalue weighted by Gasteiger charge is 2.52. The molecular weight excluding hydrogens is 554 g/mol. The minimum absolute atomic E-state index is 0.0125. The maximum absolute atomic E-state index is 14.2. The average Bonchev–Trinajstić information content (AvgIpc) is 3.36. The molecule has 3 aromatic carbocycles. The van der Waals surface area contributed by atoms with Crippen LogP contribution in [0.1, 0.15) is 35.6 Å². The molecule has 0 spiro atoms. The summed E-state index contributed by atoms with van der Waals surface area (Å²) in [5.74, 6) is 5.93. The van der Waals surface area contributed by atoms with Gasteiger partial charge in [0.25, 0.3) is 0 Å². The minimum Gasteiger partial charge on any atom is -0.333 e. The first-order valence-electron chi connectivity index (χ1n) is 15.0. The molecule has 0 bridgehead atoms. The molecule has 2 heterocycles. The van der Waals surface area contributed by atoms with Crippen molar-refractivity contribution >= 4 is 29.6 Å². The summed E-state index contributed by atoms with van der Waals surface area (Å²) in [6.45, 7) is 7.28. The third-order valence-corrected chi connectivity index (χ3v) is 8.19. The Hall–Kier alpha value is -4.67. The van der Waals surface area contributed by atoms with E-state index in [-0.39, 0.29) is 30.9 Å². The van der Waals surface area contributed by atoms with Crippen LogP contribution in [0.3, 0.4) is 0 Å². The Balaban J connectivity index is 1.47. The second kappa shape index (κ2) is 13.7. The molecule has 4 amide bonds. The summed E-state index contributed by atoms with van der Waals surface area (Å²) in [5.41, 5.74) is 4.46. The number of hydrazine groups is 2. The minimum atomic E-state index is -0.717. The van der Waals surface area contributed by atoms with Crippen LogP contribution in [0.2, 0.25) is 0 Å². The lowest BCUT2D eigenvalue weighted by Gasteiger charge is -2.46. The lowest BCUT2D eigenvalue weighted by Crippen LogP contribution is -2.66. The number of carbonyl (C=O) groups is 3. The van der Waals surface area contributed by atoms with Gasteiger partial charge in [0, 0.05) is 33.1 Å². The van der Waals surface area contributed by atoms with Crippen LogP contribution in [0.5, 0.6) is 0 Å². The lowest BCUT2D eigenvalue weighted by molar-refractivity contribution is -0.157. The topological polar surface area (TPSA) is 105 Å². The summed E-state index contributed by atoms with van der Waals surface area (Å²) in [6.07, 6.45) is 2.31. The number of amides is 4. The summed E-state index contributed by atoms with van der Waals surface area (Å²) in [4.78, 5) is 45.0. The number of fused-ring (bicyclic) bond motifs is 1. The molecule has 5 rings (SSSR count). The monoisotopic (exact) mass is 595 g/mol. The molecule has 0 saturated carbocycles. The average molecular weight is 596 g/mol. The smallest absolute Gasteiger partial charge is 0.332 e. The fourth-order valence-electron chi connectivity index (χ4n) is 6.19. The van der Waals surface area contributed by atoms with Crippen molar-refractivity contribution in [2.75, 3.05) is 31.7 Å². The second-order valence-electron chi connectivity index (χ2n) is 11.2. The van der Waals surface area contributed by atoms with Crippen LogP contribution in [-0.2, 0) is 29.1 Å². The van der Waals surface area contributed by atoms with Gasteiger partial charge in [-0.3, -0.25) is 14.6 Å². The van der Waals surface area contributed by atoms with Gasteiger partial charge < -0.3 is 20.1 Å². The Morgan fingerprint density at radius 2 is 1.70 bits per heavy atom. The molecule has 3 aromatic rings. The molecule has 2 saturated heterocycles. The zero-order chi connectivity index (χ0) is 31.2. The van der Waals surface area contributed by atoms with Crippen molar-refractivity contribution in [1.29, 1.82) is 0 Å². The van der Waals surface area contributed by atoms with Crippen molar-refractivity contribution in [2.24, 2.45) is 5.84 Å². The molecule has 10 nitrogen and oxygen atoms in total. The predicted octanol–water partition coefficient (Wildman–Crippen LogP) is 3.60. The molecule has 0 aliphatic carbocycles. The summed E-state index contributed by atoms with van der Waals surface area (Å²) in [5, 5.41) is 8.03. The van der Waals surface area contributed by atoms with E-state index in [0.29, 0.717) is 32.5 Å². The number of para-hydroxylation sites is 1. The van der Waals surface area contributed by atoms with Crippen LogP contribution in [0.15, 0.2) is 85.4 Å². The highest BCUT2D eigenvalue weighted by atomic mass is 16.2. The number of hydrogen-bond acceptors (Lipinski definition) is 6. The Bertz CT molecular complexity index is 1480. The van der Waals surface area contributed by atoms with Crippen LogP contribution in [-0.4, -0.2) is 76.6 Å². The summed E-state index contributed by atoms with van der Waals surface area (Å²) >= 11 is 0. The van der Waals surface area contributed by atoms with Crippen LogP contribution in [0, 0.1) is 0 Å². The van der Waals surface area contributed by atoms with Gasteiger partial charge in [-0.25, -0.2) is 10.6 Å². The highest BCUT2D eigenvalue weighted by molar-refractivity contribution is 5.92. The van der Waals surface area contributed by atoms with Crippen molar-refractivity contribution in [1.82, 2.24) is 25.1 Å². The fraction of sp³-hybridized carbons (Fsp3) is 0.324. The molecule has 10 heteroatoms. The zero-order valence-electron chi connectivity index (χ0n) is 25.4. The number of benzene rings is 3. The molecule has 2 atom stereocenters. The van der Waals surface area contributed by atoms with Crippen molar-refractivity contribution < 1.29 is 14.4 Å². The van der Waals surface area contributed by atoms with E-state index in [4.69, 9.17) is 5.84 Å². The van der Waals surface area contributed by atoms with E-state index in [1.54, 1.807) is 32.9 Å². The predicted molar refractivity (Wildman–Crippen MR) is 171 cm³/mol. The first-order chi connectivity index (χ1) is 21.3. The summed E-state index contributed by atoms with van der Waals surface area (Å²) in [7, 11) is 1.76. The number of nitrogens with zero attached hydrogens (tertiary/aromatic N) is 5. The molecule has 2 aliphatic rings. The molecular formula is C34H41N7O3. The van der Waals surface area contributed by atoms with E-state index < -0.39 is 12.2 Å². The number of nitrogens with two attached hydrogens (primary N) is 1. The molecule has 0 aromatic heterocycles. The molecule has 3 N–H and O–H groups in total. The molecule has 0 unspecified atom stereocenters. The largest absolute Gasteiger partial charge is 0.333 e. The molecule has 2 fully saturated rings. The molecule has 2 aliphatic heterocycles. The van der Waals surface area contributed by atoms with Gasteiger partial charge in [0.2, 0.25) is 11.8 Å². The quantitative estimate of drug-likeness (QED) is 0.259. The normalized spacial score (nSPS) is 18.2. The van der Waals surface area contributed by atoms with E-state index in [1.165, 1.54) is 0 Å². The number of rotatable bonds is 11. The van der Waals surface area contributed by atoms with Crippen molar-refractivity contribution in [2.45, 2.75) is 45.1 Å². The number of piperazine rings is 1. The summed E-state index contributed by atoms with van der Waals surface area (Å²) in [6, 6.07) is 24.3.